The van der Waals surface area contributed by atoms with Crippen LogP contribution in [0.15, 0.2) is 4.99 Å². The first kappa shape index (κ1) is 89.9. The molecule has 107 heavy (non-hydrogen) atoms. The summed E-state index contributed by atoms with van der Waals surface area (Å²) < 4.78 is 0. The first-order valence-electron chi connectivity index (χ1n) is 37.7. The SMILES string of the molecule is CC[C@H](C)[C@H](NC(=O)[C@H](C)N)C(=O)N[C@H]1CSSC[C@@H](C(=O)N[C@H](C(=O)N2CCC[C@H]2C(=O)N[C@@H](CC(=O)O)C(N)=O)[C@@H](C)CC)N(C)C(=O)[C@H]([C@@H](C)CC)NC(=O)[C@@H]2C[C@@H]3CCCC[C@@H]3N2C(=O)[C@@H]2CCCN2C(=O)[C@H](CC(C)C)NC(=O)[C@H](CO)NC(=O)[C@H](CCCN=C(C)N)NC(=O)[C@H](CO)CC1=O.[HH]. The van der Waals surface area contributed by atoms with Gasteiger partial charge in [0.15, 0.2) is 5.78 Å². The van der Waals surface area contributed by atoms with Crippen molar-refractivity contribution in [3.8, 4) is 0 Å². The van der Waals surface area contributed by atoms with Gasteiger partial charge in [0, 0.05) is 52.1 Å². The van der Waals surface area contributed by atoms with Gasteiger partial charge in [0.05, 0.1) is 43.5 Å². The number of hydrogen-bond acceptors (Lipinski definition) is 21. The molecule has 1 aliphatic carbocycles. The van der Waals surface area contributed by atoms with Gasteiger partial charge in [-0.15, -0.1) is 0 Å². The summed E-state index contributed by atoms with van der Waals surface area (Å²) >= 11 is 0. The lowest BCUT2D eigenvalue weighted by Crippen LogP contribution is -2.62. The Hall–Kier alpha value is -7.70. The summed E-state index contributed by atoms with van der Waals surface area (Å²) in [6.45, 7) is 15.1. The number of nitrogens with zero attached hydrogens (tertiary/aromatic N) is 5. The maximum Gasteiger partial charge on any atom is 0.305 e. The van der Waals surface area contributed by atoms with Crippen LogP contribution in [-0.2, 0) is 71.9 Å². The third-order valence-electron chi connectivity index (χ3n) is 21.3. The molecule has 0 aromatic rings. The fourth-order valence-corrected chi connectivity index (χ4v) is 16.8. The Morgan fingerprint density at radius 1 is 0.664 bits per heavy atom. The third kappa shape index (κ3) is 24.9. The molecule has 0 radical (unpaired) electrons. The molecule has 19 atom stereocenters. The molecular formula is C71H120N16O18S2. The highest BCUT2D eigenvalue weighted by Gasteiger charge is 2.53. The summed E-state index contributed by atoms with van der Waals surface area (Å²) in [5, 5.41) is 52.5. The molecule has 5 rings (SSSR count). The van der Waals surface area contributed by atoms with Crippen LogP contribution < -0.4 is 59.7 Å². The van der Waals surface area contributed by atoms with Crippen molar-refractivity contribution >= 4 is 116 Å². The highest BCUT2D eigenvalue weighted by atomic mass is 33.1. The van der Waals surface area contributed by atoms with E-state index in [4.69, 9.17) is 17.2 Å². The standard InChI is InChI=1S/C71H118N16O18S2.H2/c1-12-37(6)56(81-60(94)40(9)72)67(101)80-48-34-106-107-35-53(66(100)83-58(39(8)14-3)71(105)85-26-18-23-50(85)64(98)77-45(59(74)93)31-55(91)92)84(11)70(104)57(38(7)13-2)82-65(99)52-29-42-20-15-16-22-49(42)87(52)69(103)51-24-19-27-86(51)68(102)46(28-36(4)5)78-63(97)47(33-89)79-62(96)44(21-17-25-75-41(10)73)76-61(95)43(32-88)30-54(48)90;/h36-40,42-53,56-58,88-89H,12-35,72H2,1-11H3,(H2,73,75)(H2,74,93)(H,76,95)(H,77,98)(H,78,97)(H,79,96)(H,80,101)(H,81,94)(H,82,99)(H,83,100)(H,91,92);1H/t37-,38-,39-,40-,42-,43-,44-,45-,46-,47-,48-,49-,50-,51-,52-,53-,56-,57-,58-;/m0./s1. The number of Topliss-reactive ketones (excluding diaryl/α,β-unsaturated/α-hetero) is 1. The van der Waals surface area contributed by atoms with Gasteiger partial charge in [-0.05, 0) is 108 Å². The second-order valence-electron chi connectivity index (χ2n) is 29.8. The summed E-state index contributed by atoms with van der Waals surface area (Å²) in [5.41, 5.74) is 17.2. The summed E-state index contributed by atoms with van der Waals surface area (Å²) in [5.74, 6) is -17.3. The number of primary amides is 1. The number of hydrogen-bond donors (Lipinski definition) is 14. The number of aliphatic hydroxyl groups excluding tert-OH is 2. The van der Waals surface area contributed by atoms with E-state index in [9.17, 15) is 58.5 Å². The fourth-order valence-electron chi connectivity index (χ4n) is 14.3. The number of amidine groups is 1. The van der Waals surface area contributed by atoms with Crippen molar-refractivity contribution in [2.45, 2.75) is 263 Å². The Labute approximate surface area is 636 Å². The number of likely N-dealkylation sites (tertiary alicyclic amines) is 1. The molecule has 34 nitrogen and oxygen atoms in total. The lowest BCUT2D eigenvalue weighted by Gasteiger charge is -2.38. The largest absolute Gasteiger partial charge is 0.481 e. The average Bonchev–Trinajstić information content (AvgIpc) is 1.60. The van der Waals surface area contributed by atoms with E-state index in [1.807, 2.05) is 0 Å². The topological polar surface area (TPSA) is 516 Å². The van der Waals surface area contributed by atoms with E-state index >= 15 is 28.8 Å². The average molecular weight is 1550 g/mol. The summed E-state index contributed by atoms with van der Waals surface area (Å²) in [4.78, 5) is 225. The zero-order valence-corrected chi connectivity index (χ0v) is 65.4. The molecule has 604 valence electrons. The number of fused-ring (bicyclic) bond motifs is 4. The number of nitrogens with two attached hydrogens (primary N) is 3. The van der Waals surface area contributed by atoms with Crippen LogP contribution in [0, 0.1) is 35.5 Å². The van der Waals surface area contributed by atoms with E-state index < -0.39 is 223 Å². The molecule has 13 amide bonds. The van der Waals surface area contributed by atoms with Crippen LogP contribution in [0.4, 0.5) is 0 Å². The van der Waals surface area contributed by atoms with Crippen molar-refractivity contribution in [3.05, 3.63) is 0 Å². The summed E-state index contributed by atoms with van der Waals surface area (Å²) in [6, 6.07) is -18.3. The number of nitrogens with one attached hydrogen (secondary N) is 8. The fraction of sp³-hybridized carbons (Fsp3) is 0.775. The molecule has 4 aliphatic heterocycles. The maximum absolute atomic E-state index is 15.7. The molecule has 0 aromatic carbocycles. The number of carbonyl (C=O) groups is 15. The monoisotopic (exact) mass is 1550 g/mol. The van der Waals surface area contributed by atoms with Crippen LogP contribution in [0.25, 0.3) is 0 Å². The van der Waals surface area contributed by atoms with Gasteiger partial charge in [0.25, 0.3) is 0 Å². The van der Waals surface area contributed by atoms with Crippen molar-refractivity contribution in [2.24, 2.45) is 57.7 Å². The lowest BCUT2D eigenvalue weighted by atomic mass is 9.84. The third-order valence-corrected chi connectivity index (χ3v) is 23.7. The molecule has 5 fully saturated rings. The Morgan fingerprint density at radius 2 is 1.28 bits per heavy atom. The van der Waals surface area contributed by atoms with Crippen molar-refractivity contribution < 1.29 is 88.7 Å². The zero-order chi connectivity index (χ0) is 79.8. The highest BCUT2D eigenvalue weighted by Crippen LogP contribution is 2.42. The highest BCUT2D eigenvalue weighted by molar-refractivity contribution is 8.76. The number of likely N-dealkylation sites (N-methyl/N-ethyl adjacent to an activating group) is 1. The minimum atomic E-state index is -1.73. The smallest absolute Gasteiger partial charge is 0.305 e. The van der Waals surface area contributed by atoms with Gasteiger partial charge in [0.2, 0.25) is 76.8 Å². The molecule has 0 unspecified atom stereocenters. The number of carboxylic acid groups (broad SMARTS) is 1. The minimum Gasteiger partial charge on any atom is -0.481 e. The van der Waals surface area contributed by atoms with E-state index in [0.29, 0.717) is 38.5 Å². The van der Waals surface area contributed by atoms with Gasteiger partial charge in [-0.1, -0.05) is 109 Å². The Kier molecular flexibility index (Phi) is 36.0. The second kappa shape index (κ2) is 42.9. The number of aliphatic hydroxyl groups is 2. The number of carbonyl (C=O) groups excluding carboxylic acids is 14. The minimum absolute atomic E-state index is 0. The van der Waals surface area contributed by atoms with E-state index in [1.165, 1.54) is 30.7 Å². The van der Waals surface area contributed by atoms with Crippen molar-refractivity contribution in [1.29, 1.82) is 0 Å². The summed E-state index contributed by atoms with van der Waals surface area (Å²) in [6.07, 6.45) is 3.23. The molecule has 5 aliphatic rings. The number of aliphatic imine (C=N–C) groups is 1. The van der Waals surface area contributed by atoms with Gasteiger partial charge >= 0.3 is 5.97 Å². The quantitative estimate of drug-likeness (QED) is 0.0207. The molecular weight excluding hydrogens is 1430 g/mol. The number of rotatable bonds is 26. The van der Waals surface area contributed by atoms with Crippen LogP contribution in [0.5, 0.6) is 0 Å². The molecule has 36 heteroatoms. The number of aliphatic carboxylic acids is 1. The normalized spacial score (nSPS) is 27.9. The Bertz CT molecular complexity index is 3210. The van der Waals surface area contributed by atoms with E-state index in [0.717, 1.165) is 39.3 Å². The van der Waals surface area contributed by atoms with Gasteiger partial charge < -0.3 is 94.7 Å². The number of carboxylic acids is 1. The first-order valence-corrected chi connectivity index (χ1v) is 40.2. The molecule has 0 aromatic heterocycles. The predicted octanol–water partition coefficient (Wildman–Crippen LogP) is -1.32. The predicted molar refractivity (Wildman–Crippen MR) is 401 cm³/mol. The van der Waals surface area contributed by atoms with Gasteiger partial charge in [-0.2, -0.15) is 0 Å². The molecule has 4 saturated heterocycles. The van der Waals surface area contributed by atoms with E-state index in [1.54, 1.807) is 60.3 Å². The lowest BCUT2D eigenvalue weighted by molar-refractivity contribution is -0.151. The van der Waals surface area contributed by atoms with Crippen LogP contribution in [0.2, 0.25) is 0 Å². The van der Waals surface area contributed by atoms with Crippen LogP contribution in [0.3, 0.4) is 0 Å². The molecule has 0 spiro atoms. The van der Waals surface area contributed by atoms with Gasteiger partial charge in [-0.25, -0.2) is 0 Å². The maximum atomic E-state index is 15.7. The van der Waals surface area contributed by atoms with Crippen LogP contribution in [0.1, 0.15) is 180 Å². The van der Waals surface area contributed by atoms with Crippen LogP contribution >= 0.6 is 21.6 Å². The zero-order valence-electron chi connectivity index (χ0n) is 63.8. The van der Waals surface area contributed by atoms with E-state index in [2.05, 4.69) is 47.5 Å². The summed E-state index contributed by atoms with van der Waals surface area (Å²) in [7, 11) is 3.20. The number of amides is 13. The van der Waals surface area contributed by atoms with Crippen LogP contribution in [-0.4, -0.2) is 265 Å². The molecule has 17 N–H and O–H groups in total. The second-order valence-corrected chi connectivity index (χ2v) is 32.3. The molecule has 4 heterocycles. The van der Waals surface area contributed by atoms with Gasteiger partial charge in [-0.3, -0.25) is 76.9 Å². The van der Waals surface area contributed by atoms with Crippen molar-refractivity contribution in [1.82, 2.24) is 62.1 Å². The van der Waals surface area contributed by atoms with Crippen molar-refractivity contribution in [3.63, 3.8) is 0 Å². The van der Waals surface area contributed by atoms with Crippen molar-refractivity contribution in [2.75, 3.05) is 51.4 Å². The van der Waals surface area contributed by atoms with E-state index in [-0.39, 0.29) is 95.2 Å². The first-order chi connectivity index (χ1) is 50.5. The Balaban J connectivity index is 0.0000246. The molecule has 1 saturated carbocycles. The molecule has 0 bridgehead atoms. The van der Waals surface area contributed by atoms with Gasteiger partial charge in [0.1, 0.15) is 66.5 Å². The number of ketones is 1. The Morgan fingerprint density at radius 3 is 1.89 bits per heavy atom.